The fourth-order valence-electron chi connectivity index (χ4n) is 2.06. The molecule has 0 spiro atoms. The Balaban J connectivity index is 2.18. The molecule has 0 aromatic heterocycles. The van der Waals surface area contributed by atoms with E-state index in [-0.39, 0.29) is 17.8 Å². The Labute approximate surface area is 117 Å². The lowest BCUT2D eigenvalue weighted by molar-refractivity contribution is 0.00547. The number of aromatic carboxylic acids is 1. The lowest BCUT2D eigenvalue weighted by Gasteiger charge is -2.20. The molecule has 0 radical (unpaired) electrons. The highest BCUT2D eigenvalue weighted by molar-refractivity contribution is 5.88. The zero-order valence-electron chi connectivity index (χ0n) is 11.5. The smallest absolute Gasteiger partial charge is 0.335 e. The van der Waals surface area contributed by atoms with E-state index in [0.717, 1.165) is 0 Å². The Morgan fingerprint density at radius 2 is 2.10 bits per heavy atom. The summed E-state index contributed by atoms with van der Waals surface area (Å²) in [7, 11) is 1.51. The summed E-state index contributed by atoms with van der Waals surface area (Å²) in [6.45, 7) is 3.35. The SMILES string of the molecule is CCOC1COCC1Oc1cc(C(=O)O)ccc1OC. The molecule has 0 amide bonds. The largest absolute Gasteiger partial charge is 0.493 e. The van der Waals surface area contributed by atoms with Crippen LogP contribution in [-0.4, -0.2) is 50.2 Å². The highest BCUT2D eigenvalue weighted by Gasteiger charge is 2.31. The van der Waals surface area contributed by atoms with Crippen molar-refractivity contribution < 1.29 is 28.8 Å². The third kappa shape index (κ3) is 3.20. The number of carbonyl (C=O) groups is 1. The van der Waals surface area contributed by atoms with Gasteiger partial charge >= 0.3 is 5.97 Å². The van der Waals surface area contributed by atoms with Crippen molar-refractivity contribution in [3.05, 3.63) is 23.8 Å². The van der Waals surface area contributed by atoms with Crippen molar-refractivity contribution in [1.82, 2.24) is 0 Å². The molecule has 20 heavy (non-hydrogen) atoms. The number of benzene rings is 1. The minimum Gasteiger partial charge on any atom is -0.493 e. The Morgan fingerprint density at radius 3 is 2.75 bits per heavy atom. The molecule has 1 fully saturated rings. The molecule has 2 rings (SSSR count). The Kier molecular flexibility index (Phi) is 4.81. The first-order valence-electron chi connectivity index (χ1n) is 6.43. The van der Waals surface area contributed by atoms with Crippen LogP contribution in [0.15, 0.2) is 18.2 Å². The maximum absolute atomic E-state index is 11.0. The summed E-state index contributed by atoms with van der Waals surface area (Å²) in [6, 6.07) is 4.49. The van der Waals surface area contributed by atoms with Gasteiger partial charge in [-0.25, -0.2) is 4.79 Å². The second kappa shape index (κ2) is 6.58. The van der Waals surface area contributed by atoms with Crippen LogP contribution in [0.2, 0.25) is 0 Å². The van der Waals surface area contributed by atoms with Crippen LogP contribution in [0.3, 0.4) is 0 Å². The first-order valence-corrected chi connectivity index (χ1v) is 6.43. The normalized spacial score (nSPS) is 21.7. The van der Waals surface area contributed by atoms with Crippen LogP contribution in [-0.2, 0) is 9.47 Å². The summed E-state index contributed by atoms with van der Waals surface area (Å²) >= 11 is 0. The number of methoxy groups -OCH3 is 1. The lowest BCUT2D eigenvalue weighted by atomic mass is 10.2. The Bertz CT molecular complexity index is 473. The van der Waals surface area contributed by atoms with Crippen LogP contribution in [0.5, 0.6) is 11.5 Å². The third-order valence-electron chi connectivity index (χ3n) is 3.05. The van der Waals surface area contributed by atoms with Crippen LogP contribution >= 0.6 is 0 Å². The second-order valence-corrected chi connectivity index (χ2v) is 4.36. The van der Waals surface area contributed by atoms with Gasteiger partial charge < -0.3 is 24.1 Å². The molecular formula is C14H18O6. The summed E-state index contributed by atoms with van der Waals surface area (Å²) in [5.41, 5.74) is 0.146. The monoisotopic (exact) mass is 282 g/mol. The Hall–Kier alpha value is -1.79. The Morgan fingerprint density at radius 1 is 1.35 bits per heavy atom. The van der Waals surface area contributed by atoms with Crippen molar-refractivity contribution in [1.29, 1.82) is 0 Å². The van der Waals surface area contributed by atoms with Crippen molar-refractivity contribution >= 4 is 5.97 Å². The van der Waals surface area contributed by atoms with Gasteiger partial charge in [-0.05, 0) is 25.1 Å². The van der Waals surface area contributed by atoms with Gasteiger partial charge in [-0.2, -0.15) is 0 Å². The maximum Gasteiger partial charge on any atom is 0.335 e. The number of hydrogen-bond acceptors (Lipinski definition) is 5. The van der Waals surface area contributed by atoms with E-state index >= 15 is 0 Å². The highest BCUT2D eigenvalue weighted by atomic mass is 16.6. The molecule has 0 aliphatic carbocycles. The standard InChI is InChI=1S/C14H18O6/c1-3-19-12-7-18-8-13(12)20-11-6-9(14(15)16)4-5-10(11)17-2/h4-6,12-13H,3,7-8H2,1-2H3,(H,15,16). The zero-order chi connectivity index (χ0) is 14.5. The van der Waals surface area contributed by atoms with Crippen LogP contribution in [0.1, 0.15) is 17.3 Å². The van der Waals surface area contributed by atoms with Crippen molar-refractivity contribution in [2.45, 2.75) is 19.1 Å². The van der Waals surface area contributed by atoms with Gasteiger partial charge in [0.15, 0.2) is 17.6 Å². The van der Waals surface area contributed by atoms with Crippen molar-refractivity contribution in [3.8, 4) is 11.5 Å². The molecule has 1 N–H and O–H groups in total. The summed E-state index contributed by atoms with van der Waals surface area (Å²) in [6.07, 6.45) is -0.425. The van der Waals surface area contributed by atoms with E-state index < -0.39 is 5.97 Å². The van der Waals surface area contributed by atoms with Crippen LogP contribution < -0.4 is 9.47 Å². The van der Waals surface area contributed by atoms with Gasteiger partial charge in [0.05, 0.1) is 25.9 Å². The molecule has 6 heteroatoms. The first-order chi connectivity index (χ1) is 9.65. The van der Waals surface area contributed by atoms with Gasteiger partial charge in [0, 0.05) is 6.61 Å². The van der Waals surface area contributed by atoms with Crippen LogP contribution in [0.25, 0.3) is 0 Å². The van der Waals surface area contributed by atoms with Gasteiger partial charge in [-0.3, -0.25) is 0 Å². The molecule has 6 nitrogen and oxygen atoms in total. The lowest BCUT2D eigenvalue weighted by Crippen LogP contribution is -2.32. The van der Waals surface area contributed by atoms with Crippen molar-refractivity contribution in [3.63, 3.8) is 0 Å². The average Bonchev–Trinajstić information content (AvgIpc) is 2.86. The molecule has 1 aromatic carbocycles. The number of carboxylic acids is 1. The number of ether oxygens (including phenoxy) is 4. The van der Waals surface area contributed by atoms with Gasteiger partial charge in [-0.15, -0.1) is 0 Å². The van der Waals surface area contributed by atoms with E-state index in [9.17, 15) is 4.79 Å². The van der Waals surface area contributed by atoms with Crippen molar-refractivity contribution in [2.75, 3.05) is 26.9 Å². The molecule has 1 saturated heterocycles. The minimum absolute atomic E-state index is 0.146. The van der Waals surface area contributed by atoms with E-state index in [1.54, 1.807) is 6.07 Å². The second-order valence-electron chi connectivity index (χ2n) is 4.36. The predicted molar refractivity (Wildman–Crippen MR) is 70.6 cm³/mol. The highest BCUT2D eigenvalue weighted by Crippen LogP contribution is 2.30. The van der Waals surface area contributed by atoms with E-state index in [1.165, 1.54) is 19.2 Å². The first kappa shape index (κ1) is 14.6. The fourth-order valence-corrected chi connectivity index (χ4v) is 2.06. The molecule has 1 aliphatic heterocycles. The van der Waals surface area contributed by atoms with Crippen molar-refractivity contribution in [2.24, 2.45) is 0 Å². The molecule has 0 bridgehead atoms. The molecule has 1 aliphatic rings. The average molecular weight is 282 g/mol. The topological polar surface area (TPSA) is 74.2 Å². The quantitative estimate of drug-likeness (QED) is 0.853. The zero-order valence-corrected chi connectivity index (χ0v) is 11.5. The molecule has 1 aromatic rings. The van der Waals surface area contributed by atoms with Crippen LogP contribution in [0.4, 0.5) is 0 Å². The van der Waals surface area contributed by atoms with E-state index in [0.29, 0.717) is 31.3 Å². The van der Waals surface area contributed by atoms with Gasteiger partial charge in [0.25, 0.3) is 0 Å². The number of rotatable bonds is 6. The number of hydrogen-bond donors (Lipinski definition) is 1. The van der Waals surface area contributed by atoms with Gasteiger partial charge in [0.1, 0.15) is 6.10 Å². The van der Waals surface area contributed by atoms with Crippen LogP contribution in [0, 0.1) is 0 Å². The fraction of sp³-hybridized carbons (Fsp3) is 0.500. The molecule has 2 unspecified atom stereocenters. The molecule has 1 heterocycles. The summed E-state index contributed by atoms with van der Waals surface area (Å²) in [4.78, 5) is 11.0. The summed E-state index contributed by atoms with van der Waals surface area (Å²) in [5.74, 6) is -0.147. The van der Waals surface area contributed by atoms with Gasteiger partial charge in [0.2, 0.25) is 0 Å². The van der Waals surface area contributed by atoms with E-state index in [4.69, 9.17) is 24.1 Å². The maximum atomic E-state index is 11.0. The number of carboxylic acid groups (broad SMARTS) is 1. The molecular weight excluding hydrogens is 264 g/mol. The predicted octanol–water partition coefficient (Wildman–Crippen LogP) is 1.58. The molecule has 2 atom stereocenters. The molecule has 110 valence electrons. The summed E-state index contributed by atoms with van der Waals surface area (Å²) in [5, 5.41) is 9.02. The van der Waals surface area contributed by atoms with E-state index in [2.05, 4.69) is 0 Å². The van der Waals surface area contributed by atoms with E-state index in [1.807, 2.05) is 6.92 Å². The molecule has 0 saturated carbocycles. The van der Waals surface area contributed by atoms with Gasteiger partial charge in [-0.1, -0.05) is 0 Å². The third-order valence-corrected chi connectivity index (χ3v) is 3.05. The summed E-state index contributed by atoms with van der Waals surface area (Å²) < 4.78 is 21.9. The minimum atomic E-state index is -1.01.